The van der Waals surface area contributed by atoms with E-state index in [4.69, 9.17) is 4.74 Å². The molecule has 0 unspecified atom stereocenters. The van der Waals surface area contributed by atoms with Crippen LogP contribution in [0.2, 0.25) is 0 Å². The topological polar surface area (TPSA) is 102 Å². The molecule has 1 fully saturated rings. The first-order chi connectivity index (χ1) is 15.1. The van der Waals surface area contributed by atoms with Gasteiger partial charge in [0.1, 0.15) is 17.6 Å². The zero-order valence-electron chi connectivity index (χ0n) is 16.9. The van der Waals surface area contributed by atoms with Crippen LogP contribution in [-0.4, -0.2) is 55.8 Å². The Labute approximate surface area is 179 Å². The molecule has 2 aromatic heterocycles. The number of rotatable bonds is 7. The number of carbonyl (C=O) groups is 1. The fourth-order valence-corrected chi connectivity index (χ4v) is 3.68. The van der Waals surface area contributed by atoms with E-state index in [-0.39, 0.29) is 24.7 Å². The molecule has 3 atom stereocenters. The normalized spacial score (nSPS) is 21.0. The van der Waals surface area contributed by atoms with Gasteiger partial charge in [-0.3, -0.25) is 14.5 Å². The largest absolute Gasteiger partial charge is 0.394 e. The molecule has 31 heavy (non-hydrogen) atoms. The Bertz CT molecular complexity index is 996. The molecule has 9 heteroatoms. The summed E-state index contributed by atoms with van der Waals surface area (Å²) in [6.45, 7) is 0.424. The lowest BCUT2D eigenvalue weighted by molar-refractivity contribution is -0.0912. The molecule has 8 nitrogen and oxygen atoms in total. The van der Waals surface area contributed by atoms with E-state index >= 15 is 0 Å². The van der Waals surface area contributed by atoms with E-state index < -0.39 is 11.9 Å². The summed E-state index contributed by atoms with van der Waals surface area (Å²) in [5, 5.41) is 21.0. The first-order valence-corrected chi connectivity index (χ1v) is 10.3. The predicted molar refractivity (Wildman–Crippen MR) is 111 cm³/mol. The van der Waals surface area contributed by atoms with Crippen LogP contribution < -0.4 is 5.32 Å². The van der Waals surface area contributed by atoms with Crippen molar-refractivity contribution in [1.29, 1.82) is 0 Å². The number of pyridine rings is 1. The average molecular weight is 425 g/mol. The minimum atomic E-state index is -0.497. The highest BCUT2D eigenvalue weighted by Gasteiger charge is 2.32. The molecule has 1 aliphatic rings. The lowest BCUT2D eigenvalue weighted by Crippen LogP contribution is -2.51. The van der Waals surface area contributed by atoms with Crippen molar-refractivity contribution >= 4 is 5.91 Å². The van der Waals surface area contributed by atoms with Gasteiger partial charge in [-0.05, 0) is 55.7 Å². The Balaban J connectivity index is 1.29. The Hall–Kier alpha value is -3.17. The molecule has 0 spiro atoms. The summed E-state index contributed by atoms with van der Waals surface area (Å²) < 4.78 is 20.8. The van der Waals surface area contributed by atoms with Gasteiger partial charge in [-0.25, -0.2) is 4.39 Å². The molecule has 1 saturated heterocycles. The standard InChI is InChI=1S/C22H24FN5O3/c23-16-6-4-15(5-7-16)22(30)25-19-9-8-17(31-21(19)14-29)10-12-28-13-20(26-27-28)18-3-1-2-11-24-18/h1-7,11,13,17,19,21,29H,8-10,12,14H2,(H,25,30)/t17-,19+,21-/m0/s1. The highest BCUT2D eigenvalue weighted by molar-refractivity contribution is 5.94. The third-order valence-electron chi connectivity index (χ3n) is 5.36. The molecule has 0 radical (unpaired) electrons. The molecule has 1 aliphatic heterocycles. The summed E-state index contributed by atoms with van der Waals surface area (Å²) in [5.74, 6) is -0.705. The van der Waals surface area contributed by atoms with Crippen LogP contribution in [-0.2, 0) is 11.3 Å². The molecular weight excluding hydrogens is 401 g/mol. The molecule has 0 bridgehead atoms. The van der Waals surface area contributed by atoms with Gasteiger partial charge < -0.3 is 15.2 Å². The van der Waals surface area contributed by atoms with Gasteiger partial charge in [-0.15, -0.1) is 5.10 Å². The minimum Gasteiger partial charge on any atom is -0.394 e. The first kappa shape index (κ1) is 21.1. The number of aliphatic hydroxyl groups excluding tert-OH is 1. The van der Waals surface area contributed by atoms with E-state index in [1.807, 2.05) is 24.4 Å². The maximum absolute atomic E-state index is 13.1. The summed E-state index contributed by atoms with van der Waals surface area (Å²) in [4.78, 5) is 16.7. The van der Waals surface area contributed by atoms with E-state index in [0.717, 1.165) is 12.1 Å². The fraction of sp³-hybridized carbons (Fsp3) is 0.364. The van der Waals surface area contributed by atoms with Gasteiger partial charge in [0.2, 0.25) is 0 Å². The Morgan fingerprint density at radius 1 is 1.19 bits per heavy atom. The third kappa shape index (κ3) is 5.31. The van der Waals surface area contributed by atoms with Gasteiger partial charge in [-0.2, -0.15) is 0 Å². The second-order valence-corrected chi connectivity index (χ2v) is 7.51. The van der Waals surface area contributed by atoms with Gasteiger partial charge in [-0.1, -0.05) is 11.3 Å². The molecule has 4 rings (SSSR count). The number of aryl methyl sites for hydroxylation is 1. The number of hydrogen-bond acceptors (Lipinski definition) is 6. The third-order valence-corrected chi connectivity index (χ3v) is 5.36. The number of nitrogens with zero attached hydrogens (tertiary/aromatic N) is 4. The summed E-state index contributed by atoms with van der Waals surface area (Å²) in [5.41, 5.74) is 1.85. The van der Waals surface area contributed by atoms with Crippen molar-refractivity contribution in [3.05, 3.63) is 66.2 Å². The highest BCUT2D eigenvalue weighted by atomic mass is 19.1. The van der Waals surface area contributed by atoms with Gasteiger partial charge in [0.05, 0.1) is 30.6 Å². The van der Waals surface area contributed by atoms with E-state index in [0.29, 0.717) is 30.6 Å². The van der Waals surface area contributed by atoms with Gasteiger partial charge in [0.25, 0.3) is 5.91 Å². The van der Waals surface area contributed by atoms with Crippen LogP contribution in [0.4, 0.5) is 4.39 Å². The monoisotopic (exact) mass is 425 g/mol. The Kier molecular flexibility index (Phi) is 6.63. The summed E-state index contributed by atoms with van der Waals surface area (Å²) >= 11 is 0. The van der Waals surface area contributed by atoms with Crippen LogP contribution in [0.25, 0.3) is 11.4 Å². The first-order valence-electron chi connectivity index (χ1n) is 10.3. The molecule has 0 saturated carbocycles. The maximum atomic E-state index is 13.1. The average Bonchev–Trinajstić information content (AvgIpc) is 3.28. The number of nitrogens with one attached hydrogen (secondary N) is 1. The van der Waals surface area contributed by atoms with Gasteiger partial charge >= 0.3 is 0 Å². The molecular formula is C22H24FN5O3. The molecule has 3 aromatic rings. The van der Waals surface area contributed by atoms with Crippen molar-refractivity contribution in [2.24, 2.45) is 0 Å². The Morgan fingerprint density at radius 3 is 2.77 bits per heavy atom. The lowest BCUT2D eigenvalue weighted by Gasteiger charge is -2.36. The van der Waals surface area contributed by atoms with E-state index in [9.17, 15) is 14.3 Å². The second-order valence-electron chi connectivity index (χ2n) is 7.51. The zero-order chi connectivity index (χ0) is 21.6. The quantitative estimate of drug-likeness (QED) is 0.602. The number of hydrogen-bond donors (Lipinski definition) is 2. The summed E-state index contributed by atoms with van der Waals surface area (Å²) in [6, 6.07) is 10.7. The van der Waals surface area contributed by atoms with Crippen molar-refractivity contribution < 1.29 is 19.0 Å². The molecule has 2 N–H and O–H groups in total. The number of benzene rings is 1. The second kappa shape index (κ2) is 9.76. The van der Waals surface area contributed by atoms with Gasteiger partial charge in [0, 0.05) is 18.3 Å². The number of ether oxygens (including phenoxy) is 1. The Morgan fingerprint density at radius 2 is 2.03 bits per heavy atom. The number of carbonyl (C=O) groups excluding carboxylic acids is 1. The summed E-state index contributed by atoms with van der Waals surface area (Å²) in [6.07, 6.45) is 5.14. The molecule has 1 aromatic carbocycles. The summed E-state index contributed by atoms with van der Waals surface area (Å²) in [7, 11) is 0. The number of amides is 1. The van der Waals surface area contributed by atoms with Gasteiger partial charge in [0.15, 0.2) is 0 Å². The van der Waals surface area contributed by atoms with Crippen molar-refractivity contribution in [1.82, 2.24) is 25.3 Å². The van der Waals surface area contributed by atoms with Crippen LogP contribution in [0.1, 0.15) is 29.6 Å². The lowest BCUT2D eigenvalue weighted by atomic mass is 9.96. The molecule has 162 valence electrons. The minimum absolute atomic E-state index is 0.0568. The molecule has 0 aliphatic carbocycles. The van der Waals surface area contributed by atoms with E-state index in [2.05, 4.69) is 20.6 Å². The fourth-order valence-electron chi connectivity index (χ4n) is 3.68. The van der Waals surface area contributed by atoms with Crippen LogP contribution in [0.15, 0.2) is 54.9 Å². The smallest absolute Gasteiger partial charge is 0.251 e. The van der Waals surface area contributed by atoms with E-state index in [1.165, 1.54) is 24.3 Å². The van der Waals surface area contributed by atoms with Crippen LogP contribution in [0.3, 0.4) is 0 Å². The predicted octanol–water partition coefficient (Wildman–Crippen LogP) is 2.21. The maximum Gasteiger partial charge on any atom is 0.251 e. The number of aromatic nitrogens is 4. The van der Waals surface area contributed by atoms with E-state index in [1.54, 1.807) is 10.9 Å². The number of halogens is 1. The SMILES string of the molecule is O=C(N[C@@H]1CC[C@@H](CCn2cc(-c3ccccn3)nn2)O[C@H]1CO)c1ccc(F)cc1. The van der Waals surface area contributed by atoms with Crippen LogP contribution in [0.5, 0.6) is 0 Å². The van der Waals surface area contributed by atoms with Crippen LogP contribution >= 0.6 is 0 Å². The van der Waals surface area contributed by atoms with Crippen molar-refractivity contribution in [3.8, 4) is 11.4 Å². The van der Waals surface area contributed by atoms with Crippen molar-refractivity contribution in [3.63, 3.8) is 0 Å². The van der Waals surface area contributed by atoms with Crippen LogP contribution in [0, 0.1) is 5.82 Å². The molecule has 1 amide bonds. The molecule has 3 heterocycles. The number of aliphatic hydroxyl groups is 1. The zero-order valence-corrected chi connectivity index (χ0v) is 16.9. The highest BCUT2D eigenvalue weighted by Crippen LogP contribution is 2.23. The van der Waals surface area contributed by atoms with Crippen molar-refractivity contribution in [2.75, 3.05) is 6.61 Å². The van der Waals surface area contributed by atoms with Crippen molar-refractivity contribution in [2.45, 2.75) is 44.1 Å².